The number of hydrogen-bond donors (Lipinski definition) is 1. The van der Waals surface area contributed by atoms with Crippen molar-refractivity contribution in [2.75, 3.05) is 39.3 Å². The average Bonchev–Trinajstić information content (AvgIpc) is 2.38. The Hall–Kier alpha value is -0.970. The van der Waals surface area contributed by atoms with Crippen LogP contribution in [0.15, 0.2) is 24.3 Å². The predicted octanol–water partition coefficient (Wildman–Crippen LogP) is 1.35. The molecule has 0 saturated carbocycles. The number of piperazine rings is 1. The summed E-state index contributed by atoms with van der Waals surface area (Å²) in [5, 5.41) is 3.40. The maximum atomic E-state index is 13.2. The molecule has 4 heteroatoms. The van der Waals surface area contributed by atoms with Gasteiger partial charge in [-0.1, -0.05) is 12.1 Å². The first-order valence-electron chi connectivity index (χ1n) is 7.65. The molecule has 2 fully saturated rings. The number of likely N-dealkylation sites (tertiary alicyclic amines) is 1. The number of rotatable bonds is 4. The van der Waals surface area contributed by atoms with Gasteiger partial charge in [-0.25, -0.2) is 4.39 Å². The van der Waals surface area contributed by atoms with Crippen molar-refractivity contribution in [1.82, 2.24) is 15.1 Å². The molecule has 0 bridgehead atoms. The van der Waals surface area contributed by atoms with Crippen LogP contribution in [0.5, 0.6) is 0 Å². The summed E-state index contributed by atoms with van der Waals surface area (Å²) >= 11 is 0. The highest BCUT2D eigenvalue weighted by atomic mass is 19.1. The van der Waals surface area contributed by atoms with E-state index < -0.39 is 0 Å². The smallest absolute Gasteiger partial charge is 0.123 e. The molecule has 1 aromatic rings. The van der Waals surface area contributed by atoms with Crippen LogP contribution in [-0.2, 0) is 6.42 Å². The third-order valence-electron chi connectivity index (χ3n) is 4.60. The number of nitrogens with zero attached hydrogens (tertiary/aromatic N) is 2. The molecule has 0 radical (unpaired) electrons. The van der Waals surface area contributed by atoms with Gasteiger partial charge in [-0.2, -0.15) is 0 Å². The maximum Gasteiger partial charge on any atom is 0.123 e. The van der Waals surface area contributed by atoms with Crippen molar-refractivity contribution < 1.29 is 4.39 Å². The second-order valence-corrected chi connectivity index (χ2v) is 6.08. The molecule has 2 aliphatic heterocycles. The zero-order valence-electron chi connectivity index (χ0n) is 12.2. The van der Waals surface area contributed by atoms with Crippen molar-refractivity contribution in [3.05, 3.63) is 35.6 Å². The van der Waals surface area contributed by atoms with E-state index in [4.69, 9.17) is 0 Å². The standard InChI is InChI=1S/C16H24FN3/c1-13(9-14-3-2-4-15(17)10-14)20-11-16(12-20)19-7-5-18-6-8-19/h2-4,10,13,16,18H,5-9,11-12H2,1H3. The number of hydrogen-bond acceptors (Lipinski definition) is 3. The van der Waals surface area contributed by atoms with E-state index >= 15 is 0 Å². The van der Waals surface area contributed by atoms with Gasteiger partial charge in [-0.05, 0) is 31.0 Å². The van der Waals surface area contributed by atoms with Crippen LogP contribution in [0.25, 0.3) is 0 Å². The highest BCUT2D eigenvalue weighted by Gasteiger charge is 2.34. The third-order valence-corrected chi connectivity index (χ3v) is 4.60. The molecule has 1 N–H and O–H groups in total. The molecule has 1 atom stereocenters. The minimum absolute atomic E-state index is 0.128. The number of benzene rings is 1. The van der Waals surface area contributed by atoms with Gasteiger partial charge in [-0.3, -0.25) is 9.80 Å². The van der Waals surface area contributed by atoms with Gasteiger partial charge in [0.25, 0.3) is 0 Å². The average molecular weight is 277 g/mol. The van der Waals surface area contributed by atoms with Crippen molar-refractivity contribution in [3.8, 4) is 0 Å². The lowest BCUT2D eigenvalue weighted by Crippen LogP contribution is -2.64. The van der Waals surface area contributed by atoms with E-state index in [-0.39, 0.29) is 5.82 Å². The van der Waals surface area contributed by atoms with Crippen LogP contribution in [0.2, 0.25) is 0 Å². The van der Waals surface area contributed by atoms with Gasteiger partial charge < -0.3 is 5.32 Å². The molecule has 0 spiro atoms. The lowest BCUT2D eigenvalue weighted by atomic mass is 9.99. The van der Waals surface area contributed by atoms with Gasteiger partial charge in [-0.15, -0.1) is 0 Å². The Morgan fingerprint density at radius 1 is 1.30 bits per heavy atom. The van der Waals surface area contributed by atoms with Crippen molar-refractivity contribution in [3.63, 3.8) is 0 Å². The molecular formula is C16H24FN3. The van der Waals surface area contributed by atoms with E-state index in [1.54, 1.807) is 12.1 Å². The van der Waals surface area contributed by atoms with E-state index in [2.05, 4.69) is 22.0 Å². The van der Waals surface area contributed by atoms with Crippen LogP contribution >= 0.6 is 0 Å². The Bertz CT molecular complexity index is 439. The fourth-order valence-electron chi connectivity index (χ4n) is 3.26. The van der Waals surface area contributed by atoms with Gasteiger partial charge in [0.05, 0.1) is 0 Å². The largest absolute Gasteiger partial charge is 0.314 e. The summed E-state index contributed by atoms with van der Waals surface area (Å²) < 4.78 is 13.2. The number of halogens is 1. The van der Waals surface area contributed by atoms with Crippen molar-refractivity contribution in [2.24, 2.45) is 0 Å². The van der Waals surface area contributed by atoms with Gasteiger partial charge in [0.15, 0.2) is 0 Å². The van der Waals surface area contributed by atoms with E-state index in [0.717, 1.165) is 44.2 Å². The summed E-state index contributed by atoms with van der Waals surface area (Å²) in [5.74, 6) is -0.128. The first-order valence-corrected chi connectivity index (χ1v) is 7.65. The lowest BCUT2D eigenvalue weighted by molar-refractivity contribution is 0.00426. The molecule has 0 aromatic heterocycles. The topological polar surface area (TPSA) is 18.5 Å². The molecule has 1 unspecified atom stereocenters. The van der Waals surface area contributed by atoms with Crippen molar-refractivity contribution in [1.29, 1.82) is 0 Å². The van der Waals surface area contributed by atoms with E-state index in [1.165, 1.54) is 19.2 Å². The minimum Gasteiger partial charge on any atom is -0.314 e. The maximum absolute atomic E-state index is 13.2. The molecule has 2 aliphatic rings. The SMILES string of the molecule is CC(Cc1cccc(F)c1)N1CC(N2CCNCC2)C1. The monoisotopic (exact) mass is 277 g/mol. The van der Waals surface area contributed by atoms with Gasteiger partial charge in [0.1, 0.15) is 5.82 Å². The van der Waals surface area contributed by atoms with E-state index in [1.807, 2.05) is 6.07 Å². The summed E-state index contributed by atoms with van der Waals surface area (Å²) in [6, 6.07) is 8.22. The summed E-state index contributed by atoms with van der Waals surface area (Å²) in [6.45, 7) is 9.17. The van der Waals surface area contributed by atoms with Gasteiger partial charge in [0, 0.05) is 51.4 Å². The fourth-order valence-corrected chi connectivity index (χ4v) is 3.26. The van der Waals surface area contributed by atoms with Gasteiger partial charge >= 0.3 is 0 Å². The number of nitrogens with one attached hydrogen (secondary N) is 1. The second-order valence-electron chi connectivity index (χ2n) is 6.08. The quantitative estimate of drug-likeness (QED) is 0.896. The Morgan fingerprint density at radius 3 is 2.75 bits per heavy atom. The molecule has 0 amide bonds. The lowest BCUT2D eigenvalue weighted by Gasteiger charge is -2.49. The van der Waals surface area contributed by atoms with Crippen LogP contribution in [0.1, 0.15) is 12.5 Å². The Labute approximate surface area is 120 Å². The highest BCUT2D eigenvalue weighted by Crippen LogP contribution is 2.20. The summed E-state index contributed by atoms with van der Waals surface area (Å²) in [5.41, 5.74) is 1.10. The fraction of sp³-hybridized carbons (Fsp3) is 0.625. The van der Waals surface area contributed by atoms with Crippen LogP contribution in [0.4, 0.5) is 4.39 Å². The third kappa shape index (κ3) is 3.19. The molecule has 3 nitrogen and oxygen atoms in total. The minimum atomic E-state index is -0.128. The van der Waals surface area contributed by atoms with Crippen molar-refractivity contribution >= 4 is 0 Å². The Kier molecular flexibility index (Phi) is 4.34. The molecule has 3 rings (SSSR count). The Balaban J connectivity index is 1.47. The molecule has 1 aromatic carbocycles. The summed E-state index contributed by atoms with van der Waals surface area (Å²) in [4.78, 5) is 5.11. The van der Waals surface area contributed by atoms with Crippen LogP contribution in [0.3, 0.4) is 0 Å². The first-order chi connectivity index (χ1) is 9.72. The molecular weight excluding hydrogens is 253 g/mol. The first kappa shape index (κ1) is 14.0. The zero-order valence-corrected chi connectivity index (χ0v) is 12.2. The van der Waals surface area contributed by atoms with Gasteiger partial charge in [0.2, 0.25) is 0 Å². The predicted molar refractivity (Wildman–Crippen MR) is 79.4 cm³/mol. The van der Waals surface area contributed by atoms with Crippen LogP contribution < -0.4 is 5.32 Å². The van der Waals surface area contributed by atoms with Crippen molar-refractivity contribution in [2.45, 2.75) is 25.4 Å². The molecule has 2 heterocycles. The van der Waals surface area contributed by atoms with E-state index in [9.17, 15) is 4.39 Å². The molecule has 110 valence electrons. The van der Waals surface area contributed by atoms with Crippen LogP contribution in [-0.4, -0.2) is 61.2 Å². The molecule has 20 heavy (non-hydrogen) atoms. The Morgan fingerprint density at radius 2 is 2.05 bits per heavy atom. The molecule has 2 saturated heterocycles. The van der Waals surface area contributed by atoms with Crippen LogP contribution in [0, 0.1) is 5.82 Å². The normalized spacial score (nSPS) is 23.5. The zero-order chi connectivity index (χ0) is 13.9. The molecule has 0 aliphatic carbocycles. The summed E-state index contributed by atoms with van der Waals surface area (Å²) in [7, 11) is 0. The summed E-state index contributed by atoms with van der Waals surface area (Å²) in [6.07, 6.45) is 0.937. The van der Waals surface area contributed by atoms with E-state index in [0.29, 0.717) is 6.04 Å². The second kappa shape index (κ2) is 6.20. The highest BCUT2D eigenvalue weighted by molar-refractivity contribution is 5.17.